The highest BCUT2D eigenvalue weighted by Crippen LogP contribution is 2.19. The minimum Gasteiger partial charge on any atom is -0.496 e. The van der Waals surface area contributed by atoms with Gasteiger partial charge in [-0.15, -0.1) is 0 Å². The zero-order chi connectivity index (χ0) is 14.2. The van der Waals surface area contributed by atoms with E-state index in [9.17, 15) is 4.79 Å². The molecule has 0 radical (unpaired) electrons. The molecule has 1 fully saturated rings. The van der Waals surface area contributed by atoms with E-state index in [1.807, 2.05) is 24.3 Å². The molecule has 1 aromatic carbocycles. The average Bonchev–Trinajstić information content (AvgIpc) is 2.52. The van der Waals surface area contributed by atoms with Gasteiger partial charge in [0.2, 0.25) is 5.91 Å². The lowest BCUT2D eigenvalue weighted by Gasteiger charge is -2.22. The summed E-state index contributed by atoms with van der Waals surface area (Å²) < 4.78 is 10.6. The van der Waals surface area contributed by atoms with E-state index in [0.717, 1.165) is 43.9 Å². The van der Waals surface area contributed by atoms with Crippen LogP contribution < -0.4 is 10.1 Å². The van der Waals surface area contributed by atoms with Gasteiger partial charge in [-0.3, -0.25) is 4.79 Å². The smallest absolute Gasteiger partial charge is 0.220 e. The van der Waals surface area contributed by atoms with Crippen LogP contribution in [0.25, 0.3) is 0 Å². The van der Waals surface area contributed by atoms with E-state index in [2.05, 4.69) is 5.32 Å². The maximum Gasteiger partial charge on any atom is 0.220 e. The minimum atomic E-state index is 0.113. The molecule has 0 aliphatic carbocycles. The molecule has 0 aromatic heterocycles. The van der Waals surface area contributed by atoms with Gasteiger partial charge in [0.05, 0.1) is 7.11 Å². The molecule has 0 atom stereocenters. The maximum absolute atomic E-state index is 11.9. The first-order valence-corrected chi connectivity index (χ1v) is 7.26. The van der Waals surface area contributed by atoms with Crippen molar-refractivity contribution >= 4 is 5.91 Å². The number of carbonyl (C=O) groups is 1. The molecule has 0 unspecified atom stereocenters. The molecule has 0 spiro atoms. The fraction of sp³-hybridized carbons (Fsp3) is 0.562. The summed E-state index contributed by atoms with van der Waals surface area (Å²) in [7, 11) is 1.66. The maximum atomic E-state index is 11.9. The minimum absolute atomic E-state index is 0.113. The summed E-state index contributed by atoms with van der Waals surface area (Å²) in [6, 6.07) is 7.84. The highest BCUT2D eigenvalue weighted by molar-refractivity contribution is 5.76. The zero-order valence-corrected chi connectivity index (χ0v) is 12.1. The normalized spacial score (nSPS) is 15.8. The molecular formula is C16H23NO3. The molecule has 1 saturated heterocycles. The van der Waals surface area contributed by atoms with Crippen molar-refractivity contribution in [2.45, 2.75) is 25.7 Å². The van der Waals surface area contributed by atoms with Gasteiger partial charge in [0.1, 0.15) is 5.75 Å². The lowest BCUT2D eigenvalue weighted by molar-refractivity contribution is -0.121. The van der Waals surface area contributed by atoms with Gasteiger partial charge in [0.25, 0.3) is 0 Å². The molecule has 1 heterocycles. The number of para-hydroxylation sites is 1. The molecular weight excluding hydrogens is 254 g/mol. The number of nitrogens with one attached hydrogen (secondary N) is 1. The SMILES string of the molecule is COc1ccccc1CCC(=O)NCC1CCOCC1. The van der Waals surface area contributed by atoms with Crippen molar-refractivity contribution in [3.8, 4) is 5.75 Å². The Bertz CT molecular complexity index is 427. The number of rotatable bonds is 6. The van der Waals surface area contributed by atoms with Gasteiger partial charge < -0.3 is 14.8 Å². The molecule has 110 valence electrons. The topological polar surface area (TPSA) is 47.6 Å². The number of carbonyl (C=O) groups excluding carboxylic acids is 1. The molecule has 1 N–H and O–H groups in total. The summed E-state index contributed by atoms with van der Waals surface area (Å²) in [5, 5.41) is 3.02. The van der Waals surface area contributed by atoms with Gasteiger partial charge in [0, 0.05) is 26.2 Å². The molecule has 4 heteroatoms. The van der Waals surface area contributed by atoms with Crippen LogP contribution in [0, 0.1) is 5.92 Å². The predicted octanol–water partition coefficient (Wildman–Crippen LogP) is 2.17. The van der Waals surface area contributed by atoms with Crippen molar-refractivity contribution in [3.63, 3.8) is 0 Å². The van der Waals surface area contributed by atoms with E-state index in [1.54, 1.807) is 7.11 Å². The summed E-state index contributed by atoms with van der Waals surface area (Å²) in [6.07, 6.45) is 3.31. The molecule has 1 aliphatic heterocycles. The van der Waals surface area contributed by atoms with E-state index in [1.165, 1.54) is 0 Å². The van der Waals surface area contributed by atoms with Crippen LogP contribution in [0.2, 0.25) is 0 Å². The van der Waals surface area contributed by atoms with Crippen LogP contribution in [0.5, 0.6) is 5.75 Å². The lowest BCUT2D eigenvalue weighted by Crippen LogP contribution is -2.32. The van der Waals surface area contributed by atoms with Gasteiger partial charge >= 0.3 is 0 Å². The Labute approximate surface area is 120 Å². The summed E-state index contributed by atoms with van der Waals surface area (Å²) in [4.78, 5) is 11.9. The number of benzene rings is 1. The second kappa shape index (κ2) is 7.90. The van der Waals surface area contributed by atoms with Crippen LogP contribution in [0.1, 0.15) is 24.8 Å². The quantitative estimate of drug-likeness (QED) is 0.867. The molecule has 1 amide bonds. The molecule has 0 saturated carbocycles. The second-order valence-corrected chi connectivity index (χ2v) is 5.17. The molecule has 1 aromatic rings. The second-order valence-electron chi connectivity index (χ2n) is 5.17. The Morgan fingerprint density at radius 2 is 2.10 bits per heavy atom. The first-order valence-electron chi connectivity index (χ1n) is 7.26. The third kappa shape index (κ3) is 4.53. The van der Waals surface area contributed by atoms with Gasteiger partial charge in [-0.1, -0.05) is 18.2 Å². The largest absolute Gasteiger partial charge is 0.496 e. The van der Waals surface area contributed by atoms with Crippen molar-refractivity contribution in [2.24, 2.45) is 5.92 Å². The number of methoxy groups -OCH3 is 1. The average molecular weight is 277 g/mol. The van der Waals surface area contributed by atoms with E-state index in [-0.39, 0.29) is 5.91 Å². The summed E-state index contributed by atoms with van der Waals surface area (Å²) in [6.45, 7) is 2.41. The zero-order valence-electron chi connectivity index (χ0n) is 12.1. The number of hydrogen-bond acceptors (Lipinski definition) is 3. The van der Waals surface area contributed by atoms with Crippen molar-refractivity contribution in [3.05, 3.63) is 29.8 Å². The van der Waals surface area contributed by atoms with Crippen LogP contribution >= 0.6 is 0 Å². The first kappa shape index (κ1) is 14.9. The Morgan fingerprint density at radius 3 is 2.85 bits per heavy atom. The lowest BCUT2D eigenvalue weighted by atomic mass is 10.0. The van der Waals surface area contributed by atoms with Crippen LogP contribution in [0.4, 0.5) is 0 Å². The van der Waals surface area contributed by atoms with Crippen LogP contribution in [-0.4, -0.2) is 32.8 Å². The first-order chi connectivity index (χ1) is 9.79. The molecule has 2 rings (SSSR count). The molecule has 1 aliphatic rings. The number of amides is 1. The van der Waals surface area contributed by atoms with Gasteiger partial charge in [-0.05, 0) is 36.8 Å². The van der Waals surface area contributed by atoms with E-state index in [0.29, 0.717) is 18.8 Å². The summed E-state index contributed by atoms with van der Waals surface area (Å²) in [5.41, 5.74) is 1.08. The number of hydrogen-bond donors (Lipinski definition) is 1. The molecule has 4 nitrogen and oxygen atoms in total. The van der Waals surface area contributed by atoms with Crippen molar-refractivity contribution in [2.75, 3.05) is 26.9 Å². The monoisotopic (exact) mass is 277 g/mol. The van der Waals surface area contributed by atoms with Crippen molar-refractivity contribution in [1.82, 2.24) is 5.32 Å². The van der Waals surface area contributed by atoms with E-state index in [4.69, 9.17) is 9.47 Å². The number of ether oxygens (including phenoxy) is 2. The highest BCUT2D eigenvalue weighted by Gasteiger charge is 2.14. The Balaban J connectivity index is 1.71. The van der Waals surface area contributed by atoms with Crippen molar-refractivity contribution in [1.29, 1.82) is 0 Å². The fourth-order valence-corrected chi connectivity index (χ4v) is 2.45. The Morgan fingerprint density at radius 1 is 1.35 bits per heavy atom. The van der Waals surface area contributed by atoms with Crippen LogP contribution in [0.3, 0.4) is 0 Å². The van der Waals surface area contributed by atoms with Gasteiger partial charge in [0.15, 0.2) is 0 Å². The standard InChI is InChI=1S/C16H23NO3/c1-19-15-5-3-2-4-14(15)6-7-16(18)17-12-13-8-10-20-11-9-13/h2-5,13H,6-12H2,1H3,(H,17,18). The van der Waals surface area contributed by atoms with E-state index < -0.39 is 0 Å². The fourth-order valence-electron chi connectivity index (χ4n) is 2.45. The third-order valence-electron chi connectivity index (χ3n) is 3.74. The van der Waals surface area contributed by atoms with Crippen LogP contribution in [-0.2, 0) is 16.0 Å². The van der Waals surface area contributed by atoms with Gasteiger partial charge in [-0.25, -0.2) is 0 Å². The molecule has 0 bridgehead atoms. The number of aryl methyl sites for hydroxylation is 1. The summed E-state index contributed by atoms with van der Waals surface area (Å²) in [5.74, 6) is 1.53. The Kier molecular flexibility index (Phi) is 5.87. The van der Waals surface area contributed by atoms with Gasteiger partial charge in [-0.2, -0.15) is 0 Å². The summed E-state index contributed by atoms with van der Waals surface area (Å²) >= 11 is 0. The predicted molar refractivity (Wildman–Crippen MR) is 77.9 cm³/mol. The van der Waals surface area contributed by atoms with E-state index >= 15 is 0 Å². The Hall–Kier alpha value is -1.55. The van der Waals surface area contributed by atoms with Crippen LogP contribution in [0.15, 0.2) is 24.3 Å². The van der Waals surface area contributed by atoms with Crippen molar-refractivity contribution < 1.29 is 14.3 Å². The molecule has 20 heavy (non-hydrogen) atoms. The third-order valence-corrected chi connectivity index (χ3v) is 3.74. The highest BCUT2D eigenvalue weighted by atomic mass is 16.5.